The van der Waals surface area contributed by atoms with E-state index < -0.39 is 0 Å². The van der Waals surface area contributed by atoms with Crippen molar-refractivity contribution in [2.24, 2.45) is 0 Å². The minimum Gasteiger partial charge on any atom is -0.471 e. The molecule has 0 aromatic heterocycles. The van der Waals surface area contributed by atoms with Crippen molar-refractivity contribution in [1.82, 2.24) is 0 Å². The summed E-state index contributed by atoms with van der Waals surface area (Å²) in [4.78, 5) is 3.64. The van der Waals surface area contributed by atoms with Gasteiger partial charge in [0.05, 0.1) is 12.3 Å². The van der Waals surface area contributed by atoms with E-state index in [1.807, 2.05) is 23.9 Å². The van der Waals surface area contributed by atoms with Gasteiger partial charge in [0.1, 0.15) is 5.75 Å². The Labute approximate surface area is 158 Å². The number of benzene rings is 3. The summed E-state index contributed by atoms with van der Waals surface area (Å²) < 4.78 is 6.26. The van der Waals surface area contributed by atoms with Crippen LogP contribution in [0.5, 0.6) is 5.75 Å². The standard InChI is InChI=1S/C22H22NO2S/c1-16(23-11-13-26-22-5-3-2-4-21(22)23)25-20-9-8-18-14-17(10-12-24)6-7-19(18)15-20/h2-9,14-16H,10-13H2,1H3. The van der Waals surface area contributed by atoms with Crippen LogP contribution in [0.15, 0.2) is 65.6 Å². The molecule has 0 bridgehead atoms. The predicted molar refractivity (Wildman–Crippen MR) is 108 cm³/mol. The minimum atomic E-state index is -0.0696. The third kappa shape index (κ3) is 3.53. The highest BCUT2D eigenvalue weighted by atomic mass is 32.2. The second-order valence-electron chi connectivity index (χ2n) is 6.52. The Balaban J connectivity index is 1.54. The molecule has 1 aliphatic heterocycles. The van der Waals surface area contributed by atoms with Gasteiger partial charge in [-0.15, -0.1) is 11.8 Å². The van der Waals surface area contributed by atoms with Crippen molar-refractivity contribution in [3.63, 3.8) is 0 Å². The Bertz CT molecular complexity index is 912. The van der Waals surface area contributed by atoms with Crippen LogP contribution in [0.2, 0.25) is 0 Å². The van der Waals surface area contributed by atoms with E-state index in [9.17, 15) is 5.11 Å². The zero-order chi connectivity index (χ0) is 17.9. The van der Waals surface area contributed by atoms with Gasteiger partial charge in [-0.05, 0) is 53.9 Å². The Morgan fingerprint density at radius 2 is 1.88 bits per heavy atom. The number of hydrogen-bond donors (Lipinski definition) is 0. The second-order valence-corrected chi connectivity index (χ2v) is 7.66. The quantitative estimate of drug-likeness (QED) is 0.627. The van der Waals surface area contributed by atoms with Gasteiger partial charge in [0.25, 0.3) is 0 Å². The minimum absolute atomic E-state index is 0.0331. The van der Waals surface area contributed by atoms with Crippen molar-refractivity contribution in [2.75, 3.05) is 23.8 Å². The molecular weight excluding hydrogens is 342 g/mol. The molecule has 133 valence electrons. The van der Waals surface area contributed by atoms with Crippen molar-refractivity contribution in [3.8, 4) is 5.75 Å². The number of ether oxygens (including phenoxy) is 1. The first kappa shape index (κ1) is 17.3. The molecule has 26 heavy (non-hydrogen) atoms. The number of fused-ring (bicyclic) bond motifs is 2. The van der Waals surface area contributed by atoms with Crippen molar-refractivity contribution < 1.29 is 9.84 Å². The maximum atomic E-state index is 10.8. The summed E-state index contributed by atoms with van der Waals surface area (Å²) in [5.74, 6) is 1.95. The molecule has 0 saturated carbocycles. The number of nitrogens with zero attached hydrogens (tertiary/aromatic N) is 1. The first-order valence-corrected chi connectivity index (χ1v) is 9.99. The molecule has 3 aromatic carbocycles. The lowest BCUT2D eigenvalue weighted by Gasteiger charge is -2.35. The van der Waals surface area contributed by atoms with Crippen LogP contribution < -0.4 is 9.64 Å². The number of para-hydroxylation sites is 1. The normalized spacial score (nSPS) is 14.9. The third-order valence-electron chi connectivity index (χ3n) is 4.78. The SMILES string of the molecule is CC(Oc1ccc2cc(CC[O])ccc2c1)N1CCSc2ccccc21. The lowest BCUT2D eigenvalue weighted by molar-refractivity contribution is 0.197. The zero-order valence-electron chi connectivity index (χ0n) is 14.9. The van der Waals surface area contributed by atoms with Gasteiger partial charge in [-0.25, -0.2) is 5.11 Å². The average molecular weight is 364 g/mol. The van der Waals surface area contributed by atoms with Gasteiger partial charge in [-0.1, -0.05) is 36.4 Å². The largest absolute Gasteiger partial charge is 0.471 e. The van der Waals surface area contributed by atoms with Crippen molar-refractivity contribution >= 4 is 28.2 Å². The van der Waals surface area contributed by atoms with E-state index in [2.05, 4.69) is 60.4 Å². The number of thioether (sulfide) groups is 1. The van der Waals surface area contributed by atoms with Gasteiger partial charge in [-0.2, -0.15) is 0 Å². The second kappa shape index (κ2) is 7.60. The molecule has 0 N–H and O–H groups in total. The Morgan fingerprint density at radius 1 is 1.08 bits per heavy atom. The van der Waals surface area contributed by atoms with Gasteiger partial charge in [0, 0.05) is 17.2 Å². The monoisotopic (exact) mass is 364 g/mol. The molecule has 1 unspecified atom stereocenters. The molecule has 0 saturated heterocycles. The average Bonchev–Trinajstić information content (AvgIpc) is 2.68. The van der Waals surface area contributed by atoms with Crippen LogP contribution in [0.25, 0.3) is 10.8 Å². The molecule has 1 radical (unpaired) electrons. The van der Waals surface area contributed by atoms with Crippen molar-refractivity contribution in [3.05, 3.63) is 66.2 Å². The molecule has 3 nitrogen and oxygen atoms in total. The highest BCUT2D eigenvalue weighted by Gasteiger charge is 2.22. The first-order valence-electron chi connectivity index (χ1n) is 9.00. The van der Waals surface area contributed by atoms with Crippen LogP contribution in [0.1, 0.15) is 12.5 Å². The van der Waals surface area contributed by atoms with E-state index >= 15 is 0 Å². The number of rotatable bonds is 5. The molecule has 0 amide bonds. The summed E-state index contributed by atoms with van der Waals surface area (Å²) in [6.07, 6.45) is 0.548. The Morgan fingerprint density at radius 3 is 2.77 bits per heavy atom. The molecule has 1 heterocycles. The highest BCUT2D eigenvalue weighted by Crippen LogP contribution is 2.36. The van der Waals surface area contributed by atoms with E-state index in [0.29, 0.717) is 6.42 Å². The summed E-state index contributed by atoms with van der Waals surface area (Å²) >= 11 is 1.90. The van der Waals surface area contributed by atoms with Crippen LogP contribution in [-0.2, 0) is 11.5 Å². The highest BCUT2D eigenvalue weighted by molar-refractivity contribution is 7.99. The summed E-state index contributed by atoms with van der Waals surface area (Å²) in [5.41, 5.74) is 2.34. The first-order chi connectivity index (χ1) is 12.7. The topological polar surface area (TPSA) is 32.4 Å². The van der Waals surface area contributed by atoms with Crippen LogP contribution in [-0.4, -0.2) is 25.1 Å². The third-order valence-corrected chi connectivity index (χ3v) is 5.82. The number of hydrogen-bond acceptors (Lipinski definition) is 3. The summed E-state index contributed by atoms with van der Waals surface area (Å²) in [6.45, 7) is 3.02. The van der Waals surface area contributed by atoms with Gasteiger partial charge < -0.3 is 9.64 Å². The fourth-order valence-corrected chi connectivity index (χ4v) is 4.46. The molecular formula is C22H22NO2S. The van der Waals surface area contributed by atoms with Crippen molar-refractivity contribution in [1.29, 1.82) is 0 Å². The molecule has 0 spiro atoms. The lowest BCUT2D eigenvalue weighted by Crippen LogP contribution is -2.40. The summed E-state index contributed by atoms with van der Waals surface area (Å²) in [6, 6.07) is 20.9. The molecule has 1 aliphatic rings. The van der Waals surface area contributed by atoms with Gasteiger partial charge in [0.2, 0.25) is 0 Å². The maximum absolute atomic E-state index is 10.8. The van der Waals surface area contributed by atoms with Crippen molar-refractivity contribution in [2.45, 2.75) is 24.5 Å². The van der Waals surface area contributed by atoms with E-state index in [4.69, 9.17) is 4.74 Å². The zero-order valence-corrected chi connectivity index (χ0v) is 15.7. The van der Waals surface area contributed by atoms with E-state index in [1.54, 1.807) is 0 Å². The van der Waals surface area contributed by atoms with Crippen LogP contribution in [0.3, 0.4) is 0 Å². The molecule has 4 rings (SSSR count). The summed E-state index contributed by atoms with van der Waals surface area (Å²) in [5, 5.41) is 13.1. The summed E-state index contributed by atoms with van der Waals surface area (Å²) in [7, 11) is 0. The predicted octanol–water partition coefficient (Wildman–Crippen LogP) is 5.15. The van der Waals surface area contributed by atoms with Crippen LogP contribution in [0.4, 0.5) is 5.69 Å². The molecule has 3 aromatic rings. The molecule has 1 atom stereocenters. The van der Waals surface area contributed by atoms with E-state index in [-0.39, 0.29) is 12.8 Å². The fourth-order valence-electron chi connectivity index (χ4n) is 3.45. The van der Waals surface area contributed by atoms with Gasteiger partial charge >= 0.3 is 0 Å². The molecule has 4 heteroatoms. The fraction of sp³-hybridized carbons (Fsp3) is 0.273. The number of anilines is 1. The molecule has 0 aliphatic carbocycles. The van der Waals surface area contributed by atoms with E-state index in [1.165, 1.54) is 10.6 Å². The Hall–Kier alpha value is -2.17. The van der Waals surface area contributed by atoms with E-state index in [0.717, 1.165) is 34.4 Å². The van der Waals surface area contributed by atoms with Gasteiger partial charge in [-0.3, -0.25) is 0 Å². The molecule has 0 fully saturated rings. The maximum Gasteiger partial charge on any atom is 0.169 e. The van der Waals surface area contributed by atoms with Crippen LogP contribution >= 0.6 is 11.8 Å². The smallest absolute Gasteiger partial charge is 0.169 e. The Kier molecular flexibility index (Phi) is 5.05. The lowest BCUT2D eigenvalue weighted by atomic mass is 10.1. The van der Waals surface area contributed by atoms with Gasteiger partial charge in [0.15, 0.2) is 6.23 Å². The van der Waals surface area contributed by atoms with Crippen LogP contribution in [0, 0.1) is 0 Å².